The van der Waals surface area contributed by atoms with Crippen molar-refractivity contribution in [3.63, 3.8) is 0 Å². The molecule has 1 aliphatic carbocycles. The van der Waals surface area contributed by atoms with E-state index in [1.807, 2.05) is 47.1 Å². The minimum absolute atomic E-state index is 0.0150. The summed E-state index contributed by atoms with van der Waals surface area (Å²) in [5, 5.41) is 14.3. The summed E-state index contributed by atoms with van der Waals surface area (Å²) in [4.78, 5) is 93.4. The number of amides is 5. The molecule has 84 heavy (non-hydrogen) atoms. The summed E-state index contributed by atoms with van der Waals surface area (Å²) in [6.45, 7) is 10.6. The summed E-state index contributed by atoms with van der Waals surface area (Å²) < 4.78 is 42.0. The lowest BCUT2D eigenvalue weighted by molar-refractivity contribution is -0.137. The van der Waals surface area contributed by atoms with Crippen LogP contribution >= 0.6 is 0 Å². The van der Waals surface area contributed by atoms with Crippen LogP contribution in [0.5, 0.6) is 11.5 Å². The van der Waals surface area contributed by atoms with Crippen LogP contribution in [0.1, 0.15) is 114 Å². The summed E-state index contributed by atoms with van der Waals surface area (Å²) in [6, 6.07) is 21.1. The molecule has 5 fully saturated rings. The molecule has 10 rings (SSSR count). The number of aromatic amines is 1. The number of ether oxygens (including phenoxy) is 2. The number of benzene rings is 4. The Balaban J connectivity index is 0.658. The molecule has 2 unspecified atom stereocenters. The highest BCUT2D eigenvalue weighted by Gasteiger charge is 2.37. The molecule has 1 aromatic heterocycles. The number of fused-ring (bicyclic) bond motifs is 1. The van der Waals surface area contributed by atoms with Crippen LogP contribution in [0.25, 0.3) is 10.8 Å². The number of carbonyl (C=O) groups is 5. The first-order valence-corrected chi connectivity index (χ1v) is 30.3. The van der Waals surface area contributed by atoms with Gasteiger partial charge in [0, 0.05) is 108 Å². The quantitative estimate of drug-likeness (QED) is 0.0848. The highest BCUT2D eigenvalue weighted by molar-refractivity contribution is 5.98. The van der Waals surface area contributed by atoms with E-state index in [0.29, 0.717) is 131 Å². The van der Waals surface area contributed by atoms with E-state index in [-0.39, 0.29) is 52.8 Å². The number of nitrogens with zero attached hydrogens (tertiary/aromatic N) is 7. The molecule has 20 heteroatoms. The lowest BCUT2D eigenvalue weighted by Crippen LogP contribution is -2.57. The fourth-order valence-electron chi connectivity index (χ4n) is 13.0. The normalized spacial score (nSPS) is 19.1. The topological polar surface area (TPSA) is 193 Å². The first-order valence-electron chi connectivity index (χ1n) is 30.3. The van der Waals surface area contributed by atoms with Crippen molar-refractivity contribution < 1.29 is 42.2 Å². The van der Waals surface area contributed by atoms with Crippen LogP contribution in [0.15, 0.2) is 83.7 Å². The van der Waals surface area contributed by atoms with Gasteiger partial charge >= 0.3 is 0 Å². The molecule has 0 spiro atoms. The Labute approximate surface area is 490 Å². The number of aromatic nitrogens is 2. The second-order valence-electron chi connectivity index (χ2n) is 23.3. The number of nitrogens with one attached hydrogen (secondary N) is 3. The molecule has 0 radical (unpaired) electrons. The van der Waals surface area contributed by atoms with Crippen molar-refractivity contribution in [3.05, 3.63) is 134 Å². The number of carbonyl (C=O) groups excluding carboxylic acids is 5. The minimum atomic E-state index is -0.766. The van der Waals surface area contributed by atoms with Gasteiger partial charge in [-0.2, -0.15) is 5.10 Å². The fraction of sp³-hybridized carbons (Fsp3) is 0.516. The van der Waals surface area contributed by atoms with Gasteiger partial charge in [0.05, 0.1) is 49.0 Å². The Morgan fingerprint density at radius 1 is 0.702 bits per heavy atom. The third-order valence-corrected chi connectivity index (χ3v) is 17.9. The lowest BCUT2D eigenvalue weighted by atomic mass is 9.83. The molecule has 5 aromatic rings. The van der Waals surface area contributed by atoms with Crippen molar-refractivity contribution in [3.8, 4) is 11.5 Å². The van der Waals surface area contributed by atoms with Gasteiger partial charge in [0.25, 0.3) is 17.4 Å². The Morgan fingerprint density at radius 2 is 1.42 bits per heavy atom. The Kier molecular flexibility index (Phi) is 20.0. The van der Waals surface area contributed by atoms with Gasteiger partial charge in [-0.1, -0.05) is 55.7 Å². The van der Waals surface area contributed by atoms with Crippen LogP contribution in [-0.4, -0.2) is 187 Å². The molecule has 1 saturated carbocycles. The van der Waals surface area contributed by atoms with Gasteiger partial charge in [0.2, 0.25) is 17.7 Å². The number of likely N-dealkylation sites (tertiary alicyclic amines) is 2. The summed E-state index contributed by atoms with van der Waals surface area (Å²) in [7, 11) is 1.61. The molecular formula is C64H80F2N10O8. The molecule has 5 aliphatic rings. The largest absolute Gasteiger partial charge is 0.497 e. The van der Waals surface area contributed by atoms with Gasteiger partial charge in [-0.05, 0) is 118 Å². The van der Waals surface area contributed by atoms with Gasteiger partial charge in [-0.15, -0.1) is 0 Å². The van der Waals surface area contributed by atoms with Crippen molar-refractivity contribution in [2.75, 3.05) is 112 Å². The molecule has 18 nitrogen and oxygen atoms in total. The smallest absolute Gasteiger partial charge is 0.272 e. The van der Waals surface area contributed by atoms with Crippen LogP contribution < -0.4 is 25.7 Å². The maximum absolute atomic E-state index is 15.7. The number of halogens is 2. The highest BCUT2D eigenvalue weighted by atomic mass is 19.1. The number of piperazine rings is 2. The molecule has 5 amide bonds. The molecule has 2 atom stereocenters. The SMILES string of the molecule is CCOc1cc(OC)ccc1CNCC(=O)N1CCCC(c2ccc(F)c(C(=O)NC(C(=O)N3CCN(CC4CCN(CC(=O)N5CCN(C(=O)c6cc(Cc7n[nH]c(=O)c8ccccc78)ccc6F)CC5)CC4)CC3)C3CCCCC3)c2)C1. The second kappa shape index (κ2) is 28.1. The lowest BCUT2D eigenvalue weighted by Gasteiger charge is -2.41. The molecule has 3 N–H and O–H groups in total. The molecule has 4 aliphatic heterocycles. The van der Waals surface area contributed by atoms with Crippen LogP contribution in [0.4, 0.5) is 8.78 Å². The molecule has 4 aromatic carbocycles. The standard InChI is InChI=1S/C64H80F2N10O8/c1-3-84-57-37-49(83-2)18-16-47(57)38-67-39-58(77)76-23-9-12-48(41-76)46-17-20-54(65)52(36-46)61(79)68-60(45-10-5-4-6-11-45)64(82)75-28-26-72(27-29-75)40-43-21-24-71(25-22-43)42-59(78)73-30-32-74(33-31-73)63(81)53-34-44(15-19-55(53)66)35-56-50-13-7-8-14-51(50)62(80)70-69-56/h7-8,13-20,34,36-37,43,45,48,60,67H,3-6,9-12,21-33,35,38-42H2,1-2H3,(H,68,79)(H,70,80). The van der Waals surface area contributed by atoms with Gasteiger partial charge in [0.1, 0.15) is 29.2 Å². The maximum atomic E-state index is 15.7. The van der Waals surface area contributed by atoms with E-state index in [0.717, 1.165) is 88.5 Å². The van der Waals surface area contributed by atoms with Crippen LogP contribution in [-0.2, 0) is 27.3 Å². The first-order chi connectivity index (χ1) is 40.8. The Hall–Kier alpha value is -7.29. The summed E-state index contributed by atoms with van der Waals surface area (Å²) in [5.41, 5.74) is 2.59. The van der Waals surface area contributed by atoms with Crippen molar-refractivity contribution in [1.82, 2.24) is 50.2 Å². The third kappa shape index (κ3) is 14.6. The third-order valence-electron chi connectivity index (χ3n) is 17.9. The van der Waals surface area contributed by atoms with Crippen molar-refractivity contribution in [1.29, 1.82) is 0 Å². The van der Waals surface area contributed by atoms with E-state index in [9.17, 15) is 28.8 Å². The zero-order valence-corrected chi connectivity index (χ0v) is 48.6. The van der Waals surface area contributed by atoms with Crippen molar-refractivity contribution >= 4 is 40.3 Å². The molecular weight excluding hydrogens is 1070 g/mol. The average Bonchev–Trinajstić information content (AvgIpc) is 3.25. The summed E-state index contributed by atoms with van der Waals surface area (Å²) in [6.07, 6.45) is 8.39. The molecule has 0 bridgehead atoms. The minimum Gasteiger partial charge on any atom is -0.497 e. The predicted molar refractivity (Wildman–Crippen MR) is 315 cm³/mol. The Bertz CT molecular complexity index is 3200. The zero-order chi connectivity index (χ0) is 58.7. The van der Waals surface area contributed by atoms with Crippen LogP contribution in [0.3, 0.4) is 0 Å². The number of hydrogen-bond donors (Lipinski definition) is 3. The number of rotatable bonds is 19. The number of H-pyrrole nitrogens is 1. The first kappa shape index (κ1) is 59.9. The average molecular weight is 1160 g/mol. The number of hydrogen-bond acceptors (Lipinski definition) is 12. The fourth-order valence-corrected chi connectivity index (χ4v) is 13.0. The number of piperidine rings is 2. The van der Waals surface area contributed by atoms with E-state index in [1.54, 1.807) is 53.3 Å². The van der Waals surface area contributed by atoms with Crippen LogP contribution in [0, 0.1) is 23.5 Å². The maximum Gasteiger partial charge on any atom is 0.272 e. The van der Waals surface area contributed by atoms with Crippen LogP contribution in [0.2, 0.25) is 0 Å². The van der Waals surface area contributed by atoms with Crippen molar-refractivity contribution in [2.45, 2.75) is 89.6 Å². The van der Waals surface area contributed by atoms with Crippen molar-refractivity contribution in [2.24, 2.45) is 11.8 Å². The van der Waals surface area contributed by atoms with E-state index in [1.165, 1.54) is 12.1 Å². The second-order valence-corrected chi connectivity index (χ2v) is 23.3. The zero-order valence-electron chi connectivity index (χ0n) is 48.6. The predicted octanol–water partition coefficient (Wildman–Crippen LogP) is 6.21. The summed E-state index contributed by atoms with van der Waals surface area (Å²) in [5.74, 6) is -0.714. The highest BCUT2D eigenvalue weighted by Crippen LogP contribution is 2.32. The van der Waals surface area contributed by atoms with Gasteiger partial charge in [-0.25, -0.2) is 13.9 Å². The molecule has 448 valence electrons. The molecule has 4 saturated heterocycles. The van der Waals surface area contributed by atoms with Gasteiger partial charge in [0.15, 0.2) is 0 Å². The van der Waals surface area contributed by atoms with E-state index < -0.39 is 29.5 Å². The van der Waals surface area contributed by atoms with Gasteiger partial charge < -0.3 is 39.7 Å². The van der Waals surface area contributed by atoms with E-state index in [2.05, 4.69) is 30.6 Å². The number of methoxy groups -OCH3 is 1. The van der Waals surface area contributed by atoms with E-state index in [4.69, 9.17) is 9.47 Å². The van der Waals surface area contributed by atoms with E-state index >= 15 is 8.78 Å². The monoisotopic (exact) mass is 1150 g/mol. The Morgan fingerprint density at radius 3 is 2.17 bits per heavy atom. The molecule has 5 heterocycles. The summed E-state index contributed by atoms with van der Waals surface area (Å²) >= 11 is 0. The van der Waals surface area contributed by atoms with Gasteiger partial charge in [-0.3, -0.25) is 38.6 Å².